The van der Waals surface area contributed by atoms with Gasteiger partial charge in [0.2, 0.25) is 0 Å². The van der Waals surface area contributed by atoms with Gasteiger partial charge in [0.1, 0.15) is 17.7 Å². The predicted molar refractivity (Wildman–Crippen MR) is 152 cm³/mol. The Bertz CT molecular complexity index is 1570. The number of ether oxygens (including phenoxy) is 2. The Labute approximate surface area is 232 Å². The summed E-state index contributed by atoms with van der Waals surface area (Å²) in [6.45, 7) is 6.82. The summed E-state index contributed by atoms with van der Waals surface area (Å²) < 4.78 is 12.5. The number of nitrogens with one attached hydrogen (secondary N) is 1. The van der Waals surface area contributed by atoms with E-state index in [0.29, 0.717) is 16.5 Å². The monoisotopic (exact) mass is 540 g/mol. The quantitative estimate of drug-likeness (QED) is 0.295. The number of benzene rings is 3. The number of fused-ring (bicyclic) bond motifs is 4. The second kappa shape index (κ2) is 10.2. The summed E-state index contributed by atoms with van der Waals surface area (Å²) >= 11 is 0. The van der Waals surface area contributed by atoms with Gasteiger partial charge in [0.15, 0.2) is 0 Å². The molecule has 0 unspecified atom stereocenters. The first-order valence-corrected chi connectivity index (χ1v) is 13.2. The molecule has 1 heterocycles. The lowest BCUT2D eigenvalue weighted by molar-refractivity contribution is -0.143. The van der Waals surface area contributed by atoms with Crippen molar-refractivity contribution in [2.45, 2.75) is 51.2 Å². The molecule has 0 aliphatic heterocycles. The standard InChI is InChI=1S/C32H32N2O6/c1-31(2,3)40-30(38)34-18-20(21-11-9-10-16-27(21)34)17-32(4,28(35)36)33-29(37)39-19-26-24-14-7-5-12-22(24)23-13-6-8-15-25(23)26/h5-16,18,26H,17,19H2,1-4H3,(H,33,37)(H,35,36)/t32-/m0/s1. The van der Waals surface area contributed by atoms with Crippen LogP contribution in [0.3, 0.4) is 0 Å². The van der Waals surface area contributed by atoms with Crippen molar-refractivity contribution in [3.63, 3.8) is 0 Å². The lowest BCUT2D eigenvalue weighted by atomic mass is 9.93. The van der Waals surface area contributed by atoms with E-state index in [0.717, 1.165) is 22.3 Å². The predicted octanol–water partition coefficient (Wildman–Crippen LogP) is 6.35. The fourth-order valence-corrected chi connectivity index (χ4v) is 5.27. The maximum absolute atomic E-state index is 13.0. The Morgan fingerprint density at radius 1 is 0.875 bits per heavy atom. The molecular formula is C32H32N2O6. The van der Waals surface area contributed by atoms with Crippen LogP contribution in [0.1, 0.15) is 50.3 Å². The lowest BCUT2D eigenvalue weighted by Gasteiger charge is -2.26. The van der Waals surface area contributed by atoms with E-state index in [1.807, 2.05) is 54.6 Å². The minimum absolute atomic E-state index is 0.0630. The van der Waals surface area contributed by atoms with Gasteiger partial charge in [-0.3, -0.25) is 4.57 Å². The molecule has 0 bridgehead atoms. The summed E-state index contributed by atoms with van der Waals surface area (Å²) in [6, 6.07) is 23.1. The average Bonchev–Trinajstić information content (AvgIpc) is 3.42. The number of para-hydroxylation sites is 1. The van der Waals surface area contributed by atoms with Gasteiger partial charge in [-0.25, -0.2) is 14.4 Å². The van der Waals surface area contributed by atoms with Crippen LogP contribution >= 0.6 is 0 Å². The van der Waals surface area contributed by atoms with Crippen LogP contribution in [-0.4, -0.2) is 45.6 Å². The zero-order valence-electron chi connectivity index (χ0n) is 22.9. The maximum Gasteiger partial charge on any atom is 0.419 e. The number of carbonyl (C=O) groups excluding carboxylic acids is 2. The summed E-state index contributed by atoms with van der Waals surface area (Å²) in [5.41, 5.74) is 3.08. The van der Waals surface area contributed by atoms with E-state index in [1.165, 1.54) is 11.5 Å². The van der Waals surface area contributed by atoms with Gasteiger partial charge in [-0.15, -0.1) is 0 Å². The van der Waals surface area contributed by atoms with Crippen LogP contribution in [0.4, 0.5) is 9.59 Å². The molecule has 1 aromatic heterocycles. The average molecular weight is 541 g/mol. The van der Waals surface area contributed by atoms with Crippen LogP contribution in [0.15, 0.2) is 79.0 Å². The second-order valence-corrected chi connectivity index (χ2v) is 11.3. The molecule has 0 saturated heterocycles. The number of nitrogens with zero attached hydrogens (tertiary/aromatic N) is 1. The second-order valence-electron chi connectivity index (χ2n) is 11.3. The molecule has 8 nitrogen and oxygen atoms in total. The third kappa shape index (κ3) is 5.17. The zero-order chi connectivity index (χ0) is 28.7. The number of hydrogen-bond donors (Lipinski definition) is 2. The van der Waals surface area contributed by atoms with Crippen LogP contribution < -0.4 is 5.32 Å². The van der Waals surface area contributed by atoms with Gasteiger partial charge in [0, 0.05) is 23.9 Å². The van der Waals surface area contributed by atoms with Crippen LogP contribution in [0, 0.1) is 0 Å². The number of alkyl carbamates (subject to hydrolysis) is 1. The molecular weight excluding hydrogens is 508 g/mol. The molecule has 40 heavy (non-hydrogen) atoms. The number of aliphatic carboxylic acids is 1. The minimum Gasteiger partial charge on any atom is -0.480 e. The van der Waals surface area contributed by atoms with Crippen molar-refractivity contribution in [3.8, 4) is 11.1 Å². The highest BCUT2D eigenvalue weighted by atomic mass is 16.6. The third-order valence-electron chi connectivity index (χ3n) is 7.12. The molecule has 1 aliphatic rings. The fourth-order valence-electron chi connectivity index (χ4n) is 5.27. The summed E-state index contributed by atoms with van der Waals surface area (Å²) in [5, 5.41) is 13.4. The highest BCUT2D eigenvalue weighted by Gasteiger charge is 2.38. The summed E-state index contributed by atoms with van der Waals surface area (Å²) in [5.74, 6) is -1.38. The Balaban J connectivity index is 1.35. The Kier molecular flexibility index (Phi) is 6.87. The number of hydrogen-bond acceptors (Lipinski definition) is 5. The van der Waals surface area contributed by atoms with Crippen LogP contribution in [0.5, 0.6) is 0 Å². The fraction of sp³-hybridized carbons (Fsp3) is 0.281. The van der Waals surface area contributed by atoms with Crippen molar-refractivity contribution in [3.05, 3.63) is 95.7 Å². The summed E-state index contributed by atoms with van der Waals surface area (Å²) in [6.07, 6.45) is 0.0847. The molecule has 8 heteroatoms. The molecule has 0 fully saturated rings. The maximum atomic E-state index is 13.0. The van der Waals surface area contributed by atoms with Gasteiger partial charge in [0.05, 0.1) is 5.52 Å². The number of carboxylic acids is 1. The van der Waals surface area contributed by atoms with Gasteiger partial charge in [-0.1, -0.05) is 66.7 Å². The highest BCUT2D eigenvalue weighted by molar-refractivity contribution is 5.93. The van der Waals surface area contributed by atoms with Gasteiger partial charge in [-0.2, -0.15) is 0 Å². The smallest absolute Gasteiger partial charge is 0.419 e. The van der Waals surface area contributed by atoms with Crippen LogP contribution in [0.25, 0.3) is 22.0 Å². The van der Waals surface area contributed by atoms with Crippen molar-refractivity contribution < 1.29 is 29.0 Å². The zero-order valence-corrected chi connectivity index (χ0v) is 22.9. The largest absolute Gasteiger partial charge is 0.480 e. The molecule has 0 spiro atoms. The molecule has 2 N–H and O–H groups in total. The van der Waals surface area contributed by atoms with E-state index in [9.17, 15) is 19.5 Å². The molecule has 5 rings (SSSR count). The molecule has 4 aromatic rings. The lowest BCUT2D eigenvalue weighted by Crippen LogP contribution is -2.54. The van der Waals surface area contributed by atoms with Crippen LogP contribution in [0.2, 0.25) is 0 Å². The minimum atomic E-state index is -1.70. The molecule has 0 saturated carbocycles. The van der Waals surface area contributed by atoms with E-state index in [2.05, 4.69) is 5.32 Å². The SMILES string of the molecule is CC(C)(C)OC(=O)n1cc(C[C@](C)(NC(=O)OCC2c3ccccc3-c3ccccc32)C(=O)O)c2ccccc21. The van der Waals surface area contributed by atoms with E-state index in [4.69, 9.17) is 9.47 Å². The first-order valence-electron chi connectivity index (χ1n) is 13.2. The topological polar surface area (TPSA) is 107 Å². The van der Waals surface area contributed by atoms with Crippen molar-refractivity contribution >= 4 is 29.1 Å². The third-order valence-corrected chi connectivity index (χ3v) is 7.12. The van der Waals surface area contributed by atoms with Gasteiger partial charge >= 0.3 is 18.2 Å². The van der Waals surface area contributed by atoms with Crippen molar-refractivity contribution in [1.82, 2.24) is 9.88 Å². The Morgan fingerprint density at radius 2 is 1.45 bits per heavy atom. The summed E-state index contributed by atoms with van der Waals surface area (Å²) in [4.78, 5) is 38.3. The normalized spacial score (nSPS) is 14.2. The molecule has 0 radical (unpaired) electrons. The van der Waals surface area contributed by atoms with E-state index >= 15 is 0 Å². The number of amides is 1. The van der Waals surface area contributed by atoms with E-state index in [1.54, 1.807) is 45.2 Å². The Hall–Kier alpha value is -4.59. The van der Waals surface area contributed by atoms with Crippen molar-refractivity contribution in [2.24, 2.45) is 0 Å². The first kappa shape index (κ1) is 27.0. The Morgan fingerprint density at radius 3 is 2.05 bits per heavy atom. The molecule has 1 atom stereocenters. The van der Waals surface area contributed by atoms with E-state index < -0.39 is 29.3 Å². The van der Waals surface area contributed by atoms with Gasteiger partial charge in [-0.05, 0) is 61.6 Å². The number of rotatable bonds is 6. The number of carboxylic acid groups (broad SMARTS) is 1. The summed E-state index contributed by atoms with van der Waals surface area (Å²) in [7, 11) is 0. The highest BCUT2D eigenvalue weighted by Crippen LogP contribution is 2.44. The first-order chi connectivity index (χ1) is 19.0. The van der Waals surface area contributed by atoms with E-state index in [-0.39, 0.29) is 18.9 Å². The molecule has 1 amide bonds. The van der Waals surface area contributed by atoms with Gasteiger partial charge < -0.3 is 19.9 Å². The molecule has 206 valence electrons. The van der Waals surface area contributed by atoms with Crippen LogP contribution in [-0.2, 0) is 20.7 Å². The molecule has 1 aliphatic carbocycles. The van der Waals surface area contributed by atoms with Crippen molar-refractivity contribution in [1.29, 1.82) is 0 Å². The van der Waals surface area contributed by atoms with Crippen molar-refractivity contribution in [2.75, 3.05) is 6.61 Å². The number of aromatic nitrogens is 1. The molecule has 3 aromatic carbocycles. The number of carbonyl (C=O) groups is 3. The van der Waals surface area contributed by atoms with Gasteiger partial charge in [0.25, 0.3) is 0 Å².